The number of rotatable bonds is 5. The summed E-state index contributed by atoms with van der Waals surface area (Å²) in [6.07, 6.45) is 13.8. The molecule has 33 heavy (non-hydrogen) atoms. The van der Waals surface area contributed by atoms with Gasteiger partial charge < -0.3 is 4.98 Å². The molecular formula is C29H36N4. The van der Waals surface area contributed by atoms with E-state index in [1.54, 1.807) is 11.9 Å². The Kier molecular flexibility index (Phi) is 5.08. The van der Waals surface area contributed by atoms with E-state index in [4.69, 9.17) is 0 Å². The molecule has 0 aliphatic heterocycles. The van der Waals surface area contributed by atoms with E-state index in [-0.39, 0.29) is 0 Å². The third-order valence-electron chi connectivity index (χ3n) is 8.52. The van der Waals surface area contributed by atoms with Crippen LogP contribution >= 0.6 is 0 Å². The SMILES string of the molecule is Cc1c(-c2[nH]c3ccc(C4CCC(CC5CC5)CC4)cc3c2C(C)C)cn2ncnc2c1C. The zero-order valence-corrected chi connectivity index (χ0v) is 20.5. The van der Waals surface area contributed by atoms with E-state index in [9.17, 15) is 0 Å². The van der Waals surface area contributed by atoms with E-state index in [0.717, 1.165) is 23.4 Å². The smallest absolute Gasteiger partial charge is 0.158 e. The van der Waals surface area contributed by atoms with Gasteiger partial charge in [0.1, 0.15) is 6.33 Å². The van der Waals surface area contributed by atoms with Crippen LogP contribution in [0.2, 0.25) is 0 Å². The number of nitrogens with one attached hydrogen (secondary N) is 1. The van der Waals surface area contributed by atoms with Gasteiger partial charge in [0.2, 0.25) is 0 Å². The number of nitrogens with zero attached hydrogens (tertiary/aromatic N) is 3. The Bertz CT molecular complexity index is 1310. The highest BCUT2D eigenvalue weighted by molar-refractivity contribution is 5.92. The van der Waals surface area contributed by atoms with Gasteiger partial charge in [-0.25, -0.2) is 9.50 Å². The van der Waals surface area contributed by atoms with Crippen LogP contribution in [0.25, 0.3) is 27.8 Å². The molecule has 172 valence electrons. The maximum atomic E-state index is 4.44. The van der Waals surface area contributed by atoms with Gasteiger partial charge in [0.25, 0.3) is 0 Å². The highest BCUT2D eigenvalue weighted by Crippen LogP contribution is 2.44. The van der Waals surface area contributed by atoms with Gasteiger partial charge in [0, 0.05) is 22.7 Å². The number of pyridine rings is 1. The second-order valence-corrected chi connectivity index (χ2v) is 11.1. The van der Waals surface area contributed by atoms with Crippen molar-refractivity contribution < 1.29 is 0 Å². The van der Waals surface area contributed by atoms with Gasteiger partial charge in [-0.3, -0.25) is 0 Å². The van der Waals surface area contributed by atoms with Crippen molar-refractivity contribution in [1.29, 1.82) is 0 Å². The highest BCUT2D eigenvalue weighted by Gasteiger charge is 2.29. The van der Waals surface area contributed by atoms with E-state index in [0.29, 0.717) is 5.92 Å². The molecule has 4 aromatic rings. The molecule has 4 nitrogen and oxygen atoms in total. The average Bonchev–Trinajstić information content (AvgIpc) is 3.35. The van der Waals surface area contributed by atoms with E-state index >= 15 is 0 Å². The molecule has 2 saturated carbocycles. The first-order valence-corrected chi connectivity index (χ1v) is 12.9. The molecule has 0 unspecified atom stereocenters. The van der Waals surface area contributed by atoms with E-state index in [1.807, 2.05) is 4.52 Å². The minimum Gasteiger partial charge on any atom is -0.354 e. The van der Waals surface area contributed by atoms with Gasteiger partial charge in [-0.2, -0.15) is 5.10 Å². The third kappa shape index (κ3) is 3.68. The van der Waals surface area contributed by atoms with Gasteiger partial charge in [0.05, 0.1) is 5.69 Å². The lowest BCUT2D eigenvalue weighted by molar-refractivity contribution is 0.299. The van der Waals surface area contributed by atoms with E-state index in [2.05, 4.69) is 67.2 Å². The van der Waals surface area contributed by atoms with Crippen LogP contribution in [0.3, 0.4) is 0 Å². The maximum Gasteiger partial charge on any atom is 0.158 e. The monoisotopic (exact) mass is 440 g/mol. The lowest BCUT2D eigenvalue weighted by atomic mass is 9.76. The Morgan fingerprint density at radius 1 is 1.00 bits per heavy atom. The Morgan fingerprint density at radius 3 is 2.42 bits per heavy atom. The molecule has 2 aliphatic carbocycles. The van der Waals surface area contributed by atoms with E-state index < -0.39 is 0 Å². The molecule has 0 saturated heterocycles. The number of hydrogen-bond donors (Lipinski definition) is 1. The summed E-state index contributed by atoms with van der Waals surface area (Å²) in [5.74, 6) is 3.21. The van der Waals surface area contributed by atoms with E-state index in [1.165, 1.54) is 83.8 Å². The predicted octanol–water partition coefficient (Wildman–Crippen LogP) is 7.69. The Morgan fingerprint density at radius 2 is 1.73 bits per heavy atom. The summed E-state index contributed by atoms with van der Waals surface area (Å²) < 4.78 is 1.92. The molecule has 2 aliphatic rings. The second-order valence-electron chi connectivity index (χ2n) is 11.1. The van der Waals surface area contributed by atoms with Crippen molar-refractivity contribution in [2.75, 3.05) is 0 Å². The van der Waals surface area contributed by atoms with Gasteiger partial charge in [-0.1, -0.05) is 32.8 Å². The van der Waals surface area contributed by atoms with Crippen LogP contribution in [0.1, 0.15) is 92.9 Å². The first-order chi connectivity index (χ1) is 16.0. The molecule has 1 N–H and O–H groups in total. The van der Waals surface area contributed by atoms with Crippen molar-refractivity contribution in [3.8, 4) is 11.3 Å². The van der Waals surface area contributed by atoms with Crippen LogP contribution < -0.4 is 0 Å². The highest BCUT2D eigenvalue weighted by atomic mass is 15.3. The molecule has 3 heterocycles. The molecule has 3 aromatic heterocycles. The molecule has 0 bridgehead atoms. The van der Waals surface area contributed by atoms with Gasteiger partial charge in [0.15, 0.2) is 5.65 Å². The van der Waals surface area contributed by atoms with Crippen LogP contribution in [0, 0.1) is 25.7 Å². The standard InChI is InChI=1S/C29H36N4/c1-17(2)27-24-14-23(22-9-7-21(8-10-22)13-20-5-6-20)11-12-26(24)32-28(27)25-15-33-29(30-16-31-33)19(4)18(25)3/h11-12,14-17,20-22,32H,5-10,13H2,1-4H3. The van der Waals surface area contributed by atoms with Gasteiger partial charge >= 0.3 is 0 Å². The van der Waals surface area contributed by atoms with Crippen molar-refractivity contribution >= 4 is 16.6 Å². The average molecular weight is 441 g/mol. The molecule has 4 heteroatoms. The number of aromatic amines is 1. The molecule has 1 aromatic carbocycles. The zero-order chi connectivity index (χ0) is 22.7. The quantitative estimate of drug-likeness (QED) is 0.346. The first kappa shape index (κ1) is 20.9. The summed E-state index contributed by atoms with van der Waals surface area (Å²) in [6, 6.07) is 7.22. The Hall–Kier alpha value is -2.62. The van der Waals surface area contributed by atoms with Gasteiger partial charge in [-0.05, 0) is 104 Å². The van der Waals surface area contributed by atoms with Crippen molar-refractivity contribution in [3.63, 3.8) is 0 Å². The van der Waals surface area contributed by atoms with Crippen LogP contribution in [0.4, 0.5) is 0 Å². The summed E-state index contributed by atoms with van der Waals surface area (Å²) in [5.41, 5.74) is 10.1. The minimum atomic E-state index is 0.435. The van der Waals surface area contributed by atoms with Crippen molar-refractivity contribution in [2.45, 2.75) is 84.5 Å². The predicted molar refractivity (Wildman–Crippen MR) is 136 cm³/mol. The number of H-pyrrole nitrogens is 1. The molecule has 0 spiro atoms. The third-order valence-corrected chi connectivity index (χ3v) is 8.52. The number of benzene rings is 1. The largest absolute Gasteiger partial charge is 0.354 e. The lowest BCUT2D eigenvalue weighted by Gasteiger charge is -2.29. The lowest BCUT2D eigenvalue weighted by Crippen LogP contribution is -2.13. The minimum absolute atomic E-state index is 0.435. The van der Waals surface area contributed by atoms with Crippen molar-refractivity contribution in [2.24, 2.45) is 11.8 Å². The zero-order valence-electron chi connectivity index (χ0n) is 20.5. The van der Waals surface area contributed by atoms with Crippen LogP contribution in [0.15, 0.2) is 30.7 Å². The normalized spacial score (nSPS) is 21.5. The van der Waals surface area contributed by atoms with Gasteiger partial charge in [-0.15, -0.1) is 0 Å². The number of hydrogen-bond acceptors (Lipinski definition) is 2. The topological polar surface area (TPSA) is 46.0 Å². The Balaban J connectivity index is 1.38. The number of aromatic nitrogens is 4. The summed E-state index contributed by atoms with van der Waals surface area (Å²) in [5, 5.41) is 5.83. The number of fused-ring (bicyclic) bond motifs is 2. The fourth-order valence-electron chi connectivity index (χ4n) is 6.31. The summed E-state index contributed by atoms with van der Waals surface area (Å²) in [7, 11) is 0. The number of aryl methyl sites for hydroxylation is 1. The summed E-state index contributed by atoms with van der Waals surface area (Å²) in [4.78, 5) is 8.23. The summed E-state index contributed by atoms with van der Waals surface area (Å²) >= 11 is 0. The molecular weight excluding hydrogens is 404 g/mol. The van der Waals surface area contributed by atoms with Crippen LogP contribution in [0.5, 0.6) is 0 Å². The van der Waals surface area contributed by atoms with Crippen molar-refractivity contribution in [1.82, 2.24) is 19.6 Å². The van der Waals surface area contributed by atoms with Crippen molar-refractivity contribution in [3.05, 3.63) is 53.0 Å². The molecule has 0 amide bonds. The molecule has 0 radical (unpaired) electrons. The molecule has 6 rings (SSSR count). The summed E-state index contributed by atoms with van der Waals surface area (Å²) in [6.45, 7) is 8.99. The van der Waals surface area contributed by atoms with Crippen LogP contribution in [-0.2, 0) is 0 Å². The fourth-order valence-corrected chi connectivity index (χ4v) is 6.31. The second kappa shape index (κ2) is 8.00. The van der Waals surface area contributed by atoms with Crippen LogP contribution in [-0.4, -0.2) is 19.6 Å². The molecule has 0 atom stereocenters. The fraction of sp³-hybridized carbons (Fsp3) is 0.517. The first-order valence-electron chi connectivity index (χ1n) is 12.9. The maximum absolute atomic E-state index is 4.44. The Labute approximate surface area is 196 Å². The molecule has 2 fully saturated rings.